The molecule has 0 saturated heterocycles. The van der Waals surface area contributed by atoms with E-state index < -0.39 is 0 Å². The first kappa shape index (κ1) is 7.37. The first-order chi connectivity index (χ1) is 5.87. The van der Waals surface area contributed by atoms with Crippen LogP contribution in [-0.2, 0) is 0 Å². The predicted octanol–water partition coefficient (Wildman–Crippen LogP) is 2.16. The SMILES string of the molecule is NC[C@@]12CCC[C@@H]1[C@@H]1CC[C@@H]2C1. The summed E-state index contributed by atoms with van der Waals surface area (Å²) in [6.45, 7) is 0.985. The van der Waals surface area contributed by atoms with E-state index in [1.165, 1.54) is 38.5 Å². The van der Waals surface area contributed by atoms with Gasteiger partial charge in [0.2, 0.25) is 0 Å². The quantitative estimate of drug-likeness (QED) is 0.633. The van der Waals surface area contributed by atoms with Crippen molar-refractivity contribution in [1.29, 1.82) is 0 Å². The minimum atomic E-state index is 0.642. The highest BCUT2D eigenvalue weighted by Crippen LogP contribution is 2.65. The molecule has 0 aromatic heterocycles. The molecule has 3 aliphatic rings. The summed E-state index contributed by atoms with van der Waals surface area (Å²) in [5.74, 6) is 3.15. The summed E-state index contributed by atoms with van der Waals surface area (Å²) >= 11 is 0. The van der Waals surface area contributed by atoms with Gasteiger partial charge in [-0.3, -0.25) is 0 Å². The molecule has 12 heavy (non-hydrogen) atoms. The summed E-state index contributed by atoms with van der Waals surface area (Å²) < 4.78 is 0. The second-order valence-electron chi connectivity index (χ2n) is 5.21. The third-order valence-corrected chi connectivity index (χ3v) is 5.13. The zero-order chi connectivity index (χ0) is 8.18. The van der Waals surface area contributed by atoms with Crippen LogP contribution in [0.5, 0.6) is 0 Å². The van der Waals surface area contributed by atoms with Gasteiger partial charge in [-0.15, -0.1) is 0 Å². The first-order valence-electron chi connectivity index (χ1n) is 5.57. The lowest BCUT2D eigenvalue weighted by Gasteiger charge is -2.38. The molecular weight excluding hydrogens is 146 g/mol. The van der Waals surface area contributed by atoms with E-state index in [1.54, 1.807) is 0 Å². The molecule has 68 valence electrons. The third kappa shape index (κ3) is 0.654. The van der Waals surface area contributed by atoms with E-state index in [1.807, 2.05) is 0 Å². The highest BCUT2D eigenvalue weighted by Gasteiger charge is 2.58. The number of hydrogen-bond donors (Lipinski definition) is 1. The van der Waals surface area contributed by atoms with Crippen molar-refractivity contribution in [3.8, 4) is 0 Å². The van der Waals surface area contributed by atoms with E-state index in [0.717, 1.165) is 24.3 Å². The van der Waals surface area contributed by atoms with Crippen molar-refractivity contribution in [2.45, 2.75) is 38.5 Å². The standard InChI is InChI=1S/C11H19N/c12-7-11-5-1-2-10(11)8-3-4-9(11)6-8/h8-10H,1-7,12H2/t8-,9-,10-,11-/m1/s1. The normalized spacial score (nSPS) is 56.2. The molecule has 0 aliphatic heterocycles. The lowest BCUT2D eigenvalue weighted by Crippen LogP contribution is -2.39. The maximum absolute atomic E-state index is 6.00. The van der Waals surface area contributed by atoms with Crippen molar-refractivity contribution in [3.05, 3.63) is 0 Å². The molecule has 2 N–H and O–H groups in total. The van der Waals surface area contributed by atoms with Gasteiger partial charge in [0, 0.05) is 0 Å². The van der Waals surface area contributed by atoms with Crippen molar-refractivity contribution in [3.63, 3.8) is 0 Å². The molecule has 0 unspecified atom stereocenters. The van der Waals surface area contributed by atoms with Crippen LogP contribution >= 0.6 is 0 Å². The van der Waals surface area contributed by atoms with Gasteiger partial charge >= 0.3 is 0 Å². The van der Waals surface area contributed by atoms with Gasteiger partial charge in [-0.1, -0.05) is 6.42 Å². The van der Waals surface area contributed by atoms with Crippen molar-refractivity contribution in [2.24, 2.45) is 28.9 Å². The van der Waals surface area contributed by atoms with Gasteiger partial charge in [0.15, 0.2) is 0 Å². The van der Waals surface area contributed by atoms with Crippen LogP contribution in [0.3, 0.4) is 0 Å². The van der Waals surface area contributed by atoms with Crippen molar-refractivity contribution < 1.29 is 0 Å². The van der Waals surface area contributed by atoms with Crippen molar-refractivity contribution in [2.75, 3.05) is 6.54 Å². The molecular formula is C11H19N. The second-order valence-corrected chi connectivity index (χ2v) is 5.21. The highest BCUT2D eigenvalue weighted by molar-refractivity contribution is 5.09. The molecule has 1 heteroatoms. The van der Waals surface area contributed by atoms with Crippen molar-refractivity contribution >= 4 is 0 Å². The Morgan fingerprint density at radius 1 is 1.25 bits per heavy atom. The average molecular weight is 165 g/mol. The van der Waals surface area contributed by atoms with E-state index in [-0.39, 0.29) is 0 Å². The Labute approximate surface area is 74.7 Å². The molecule has 0 aromatic rings. The molecule has 3 aliphatic carbocycles. The summed E-state index contributed by atoms with van der Waals surface area (Å²) in [6, 6.07) is 0. The Hall–Kier alpha value is -0.0400. The summed E-state index contributed by atoms with van der Waals surface area (Å²) in [5.41, 5.74) is 6.64. The van der Waals surface area contributed by atoms with Gasteiger partial charge in [-0.2, -0.15) is 0 Å². The number of nitrogens with two attached hydrogens (primary N) is 1. The zero-order valence-electron chi connectivity index (χ0n) is 7.76. The Balaban J connectivity index is 1.98. The Kier molecular flexibility index (Phi) is 1.39. The maximum atomic E-state index is 6.00. The van der Waals surface area contributed by atoms with Gasteiger partial charge in [-0.05, 0) is 61.8 Å². The maximum Gasteiger partial charge on any atom is -0.00151 e. The lowest BCUT2D eigenvalue weighted by molar-refractivity contribution is 0.121. The van der Waals surface area contributed by atoms with Crippen LogP contribution in [0.15, 0.2) is 0 Å². The van der Waals surface area contributed by atoms with Crippen LogP contribution < -0.4 is 5.73 Å². The van der Waals surface area contributed by atoms with Gasteiger partial charge < -0.3 is 5.73 Å². The monoisotopic (exact) mass is 165 g/mol. The molecule has 0 spiro atoms. The van der Waals surface area contributed by atoms with Gasteiger partial charge in [0.1, 0.15) is 0 Å². The topological polar surface area (TPSA) is 26.0 Å². The van der Waals surface area contributed by atoms with Crippen molar-refractivity contribution in [1.82, 2.24) is 0 Å². The summed E-state index contributed by atoms with van der Waals surface area (Å²) in [4.78, 5) is 0. The van der Waals surface area contributed by atoms with E-state index >= 15 is 0 Å². The van der Waals surface area contributed by atoms with E-state index in [2.05, 4.69) is 0 Å². The second kappa shape index (κ2) is 2.25. The molecule has 0 heterocycles. The molecule has 2 bridgehead atoms. The number of rotatable bonds is 1. The first-order valence-corrected chi connectivity index (χ1v) is 5.57. The summed E-state index contributed by atoms with van der Waals surface area (Å²) in [7, 11) is 0. The molecule has 4 atom stereocenters. The summed E-state index contributed by atoms with van der Waals surface area (Å²) in [5, 5.41) is 0. The third-order valence-electron chi connectivity index (χ3n) is 5.13. The van der Waals surface area contributed by atoms with Crippen LogP contribution in [0.4, 0.5) is 0 Å². The predicted molar refractivity (Wildman–Crippen MR) is 49.7 cm³/mol. The Bertz CT molecular complexity index is 201. The van der Waals surface area contributed by atoms with Crippen LogP contribution in [0.2, 0.25) is 0 Å². The molecule has 1 nitrogen and oxygen atoms in total. The van der Waals surface area contributed by atoms with E-state index in [0.29, 0.717) is 5.41 Å². The molecule has 0 aromatic carbocycles. The van der Waals surface area contributed by atoms with E-state index in [4.69, 9.17) is 5.73 Å². The van der Waals surface area contributed by atoms with Gasteiger partial charge in [-0.25, -0.2) is 0 Å². The molecule has 3 saturated carbocycles. The average Bonchev–Trinajstić information content (AvgIpc) is 2.76. The zero-order valence-corrected chi connectivity index (χ0v) is 7.76. The fourth-order valence-corrected chi connectivity index (χ4v) is 4.66. The lowest BCUT2D eigenvalue weighted by atomic mass is 9.68. The van der Waals surface area contributed by atoms with Crippen LogP contribution in [-0.4, -0.2) is 6.54 Å². The summed E-state index contributed by atoms with van der Waals surface area (Å²) in [6.07, 6.45) is 8.97. The molecule has 3 rings (SSSR count). The van der Waals surface area contributed by atoms with Crippen LogP contribution in [0.1, 0.15) is 38.5 Å². The molecule has 0 amide bonds. The number of hydrogen-bond acceptors (Lipinski definition) is 1. The fourth-order valence-electron chi connectivity index (χ4n) is 4.66. The van der Waals surface area contributed by atoms with Crippen LogP contribution in [0.25, 0.3) is 0 Å². The fraction of sp³-hybridized carbons (Fsp3) is 1.00. The Morgan fingerprint density at radius 3 is 2.92 bits per heavy atom. The van der Waals surface area contributed by atoms with Crippen LogP contribution in [0, 0.1) is 23.2 Å². The van der Waals surface area contributed by atoms with E-state index in [9.17, 15) is 0 Å². The molecule has 0 radical (unpaired) electrons. The number of fused-ring (bicyclic) bond motifs is 5. The van der Waals surface area contributed by atoms with Gasteiger partial charge in [0.25, 0.3) is 0 Å². The largest absolute Gasteiger partial charge is 0.330 e. The highest BCUT2D eigenvalue weighted by atomic mass is 14.7. The smallest absolute Gasteiger partial charge is 0.00151 e. The minimum Gasteiger partial charge on any atom is -0.330 e. The van der Waals surface area contributed by atoms with Gasteiger partial charge in [0.05, 0.1) is 0 Å². The minimum absolute atomic E-state index is 0.642. The Morgan fingerprint density at radius 2 is 2.17 bits per heavy atom. The molecule has 3 fully saturated rings.